The fourth-order valence-corrected chi connectivity index (χ4v) is 6.89. The molecule has 0 spiro atoms. The predicted molar refractivity (Wildman–Crippen MR) is 180 cm³/mol. The lowest BCUT2D eigenvalue weighted by Crippen LogP contribution is -2.40. The van der Waals surface area contributed by atoms with Crippen LogP contribution < -0.4 is 9.44 Å². The van der Waals surface area contributed by atoms with E-state index < -0.39 is 20.4 Å². The van der Waals surface area contributed by atoms with Crippen molar-refractivity contribution in [2.24, 2.45) is 0 Å². The van der Waals surface area contributed by atoms with Crippen LogP contribution in [0.1, 0.15) is 22.3 Å². The summed E-state index contributed by atoms with van der Waals surface area (Å²) in [6, 6.07) is 38.1. The van der Waals surface area contributed by atoms with E-state index in [4.69, 9.17) is 23.2 Å². The molecular weight excluding hydrogens is 639 g/mol. The molecule has 236 valence electrons. The zero-order valence-corrected chi connectivity index (χ0v) is 27.4. The van der Waals surface area contributed by atoms with Gasteiger partial charge in [0.1, 0.15) is 0 Å². The summed E-state index contributed by atoms with van der Waals surface area (Å²) in [7, 11) is -7.16. The Kier molecular flexibility index (Phi) is 15.3. The number of benzene rings is 4. The van der Waals surface area contributed by atoms with Gasteiger partial charge >= 0.3 is 0 Å². The first kappa shape index (κ1) is 35.7. The van der Waals surface area contributed by atoms with Crippen LogP contribution in [0, 0.1) is 0 Å². The van der Waals surface area contributed by atoms with E-state index in [1.165, 1.54) is 8.61 Å². The molecule has 0 unspecified atom stereocenters. The molecule has 0 aromatic heterocycles. The minimum Gasteiger partial charge on any atom is -0.201 e. The van der Waals surface area contributed by atoms with Crippen molar-refractivity contribution in [3.8, 4) is 0 Å². The first-order valence-corrected chi connectivity index (χ1v) is 18.0. The molecule has 8 nitrogen and oxygen atoms in total. The fourth-order valence-electron chi connectivity index (χ4n) is 4.12. The summed E-state index contributed by atoms with van der Waals surface area (Å²) in [4.78, 5) is 0. The molecule has 4 aromatic rings. The molecule has 44 heavy (non-hydrogen) atoms. The van der Waals surface area contributed by atoms with Crippen LogP contribution in [0.3, 0.4) is 0 Å². The zero-order chi connectivity index (χ0) is 31.7. The standard InChI is InChI=1S/2C16H19ClN2O2S/c2*17-11-12-18-22(20,21)19(13-15-7-3-1-4-8-15)14-16-9-5-2-6-10-16/h2*1-10,18H,11-14H2. The van der Waals surface area contributed by atoms with Crippen molar-refractivity contribution in [1.82, 2.24) is 18.1 Å². The summed E-state index contributed by atoms with van der Waals surface area (Å²) in [6.45, 7) is 1.68. The maximum Gasteiger partial charge on any atom is 0.280 e. The Morgan fingerprint density at radius 3 is 0.864 bits per heavy atom. The molecule has 0 radical (unpaired) electrons. The summed E-state index contributed by atoms with van der Waals surface area (Å²) < 4.78 is 57.7. The molecule has 4 aromatic carbocycles. The van der Waals surface area contributed by atoms with Gasteiger partial charge in [-0.15, -0.1) is 23.2 Å². The summed E-state index contributed by atoms with van der Waals surface area (Å²) in [5.74, 6) is 0.480. The van der Waals surface area contributed by atoms with Crippen molar-refractivity contribution in [2.75, 3.05) is 24.8 Å². The van der Waals surface area contributed by atoms with E-state index in [-0.39, 0.29) is 24.8 Å². The molecule has 0 aliphatic heterocycles. The second kappa shape index (κ2) is 18.9. The van der Waals surface area contributed by atoms with Crippen LogP contribution >= 0.6 is 23.2 Å². The molecule has 0 fully saturated rings. The third-order valence-corrected chi connectivity index (χ3v) is 9.64. The Bertz CT molecular complexity index is 1360. The Morgan fingerprint density at radius 2 is 0.659 bits per heavy atom. The molecule has 0 amide bonds. The highest BCUT2D eigenvalue weighted by Crippen LogP contribution is 2.15. The molecule has 0 saturated carbocycles. The molecule has 0 heterocycles. The summed E-state index contributed by atoms with van der Waals surface area (Å²) >= 11 is 11.2. The Morgan fingerprint density at radius 1 is 0.432 bits per heavy atom. The Hall–Kier alpha value is -2.80. The third kappa shape index (κ3) is 12.7. The van der Waals surface area contributed by atoms with Crippen LogP contribution in [-0.4, -0.2) is 50.3 Å². The average molecular weight is 678 g/mol. The SMILES string of the molecule is O=S(=O)(NCCCl)N(Cc1ccccc1)Cc1ccccc1.O=S(=O)(NCCCl)N(Cc1ccccc1)Cc1ccccc1. The van der Waals surface area contributed by atoms with E-state index in [0.29, 0.717) is 26.2 Å². The maximum atomic E-state index is 12.5. The predicted octanol–water partition coefficient (Wildman–Crippen LogP) is 5.52. The normalized spacial score (nSPS) is 11.7. The van der Waals surface area contributed by atoms with Crippen LogP contribution in [0.4, 0.5) is 0 Å². The lowest BCUT2D eigenvalue weighted by molar-refractivity contribution is 0.393. The number of halogens is 2. The molecule has 0 bridgehead atoms. The summed E-state index contributed by atoms with van der Waals surface area (Å²) in [5, 5.41) is 0. The van der Waals surface area contributed by atoms with E-state index >= 15 is 0 Å². The molecule has 2 N–H and O–H groups in total. The number of nitrogens with zero attached hydrogens (tertiary/aromatic N) is 2. The third-order valence-electron chi connectivity index (χ3n) is 6.24. The van der Waals surface area contributed by atoms with Gasteiger partial charge < -0.3 is 0 Å². The van der Waals surface area contributed by atoms with Gasteiger partial charge in [0.05, 0.1) is 0 Å². The fraction of sp³-hybridized carbons (Fsp3) is 0.250. The summed E-state index contributed by atoms with van der Waals surface area (Å²) in [6.07, 6.45) is 0. The molecule has 0 aliphatic rings. The number of hydrogen-bond acceptors (Lipinski definition) is 4. The van der Waals surface area contributed by atoms with Crippen molar-refractivity contribution < 1.29 is 16.8 Å². The van der Waals surface area contributed by atoms with Gasteiger partial charge in [-0.1, -0.05) is 121 Å². The van der Waals surface area contributed by atoms with Crippen LogP contribution in [-0.2, 0) is 46.6 Å². The van der Waals surface area contributed by atoms with Gasteiger partial charge in [0.25, 0.3) is 20.4 Å². The Labute approximate surface area is 272 Å². The number of nitrogens with one attached hydrogen (secondary N) is 2. The molecular formula is C32H38Cl2N4O4S2. The second-order valence-electron chi connectivity index (χ2n) is 9.66. The highest BCUT2D eigenvalue weighted by Gasteiger charge is 2.23. The van der Waals surface area contributed by atoms with E-state index in [1.807, 2.05) is 121 Å². The number of alkyl halides is 2. The quantitative estimate of drug-likeness (QED) is 0.153. The monoisotopic (exact) mass is 676 g/mol. The second-order valence-corrected chi connectivity index (χ2v) is 13.9. The number of rotatable bonds is 16. The maximum absolute atomic E-state index is 12.5. The van der Waals surface area contributed by atoms with Crippen LogP contribution in [0.2, 0.25) is 0 Å². The highest BCUT2D eigenvalue weighted by molar-refractivity contribution is 7.87. The van der Waals surface area contributed by atoms with Crippen LogP contribution in [0.5, 0.6) is 0 Å². The van der Waals surface area contributed by atoms with E-state index in [1.54, 1.807) is 0 Å². The summed E-state index contributed by atoms with van der Waals surface area (Å²) in [5.41, 5.74) is 3.76. The van der Waals surface area contributed by atoms with E-state index in [2.05, 4.69) is 9.44 Å². The molecule has 4 rings (SSSR count). The first-order valence-electron chi connectivity index (χ1n) is 14.0. The van der Waals surface area contributed by atoms with E-state index in [9.17, 15) is 16.8 Å². The first-order chi connectivity index (χ1) is 21.2. The molecule has 12 heteroatoms. The van der Waals surface area contributed by atoms with Crippen molar-refractivity contribution in [3.05, 3.63) is 144 Å². The van der Waals surface area contributed by atoms with Gasteiger partial charge in [-0.25, -0.2) is 9.44 Å². The van der Waals surface area contributed by atoms with Crippen molar-refractivity contribution in [1.29, 1.82) is 0 Å². The lowest BCUT2D eigenvalue weighted by atomic mass is 10.2. The highest BCUT2D eigenvalue weighted by atomic mass is 35.5. The topological polar surface area (TPSA) is 98.8 Å². The van der Waals surface area contributed by atoms with Crippen LogP contribution in [0.25, 0.3) is 0 Å². The number of hydrogen-bond donors (Lipinski definition) is 2. The van der Waals surface area contributed by atoms with E-state index in [0.717, 1.165) is 22.3 Å². The largest absolute Gasteiger partial charge is 0.280 e. The van der Waals surface area contributed by atoms with Crippen molar-refractivity contribution >= 4 is 43.6 Å². The Balaban J connectivity index is 0.000000240. The smallest absolute Gasteiger partial charge is 0.201 e. The molecule has 0 atom stereocenters. The minimum absolute atomic E-state index is 0.212. The molecule has 0 saturated heterocycles. The van der Waals surface area contributed by atoms with Gasteiger partial charge in [0, 0.05) is 51.0 Å². The van der Waals surface area contributed by atoms with Gasteiger partial charge in [0.15, 0.2) is 0 Å². The average Bonchev–Trinajstić information content (AvgIpc) is 3.04. The van der Waals surface area contributed by atoms with Gasteiger partial charge in [-0.05, 0) is 22.3 Å². The minimum atomic E-state index is -3.58. The zero-order valence-electron chi connectivity index (χ0n) is 24.3. The van der Waals surface area contributed by atoms with Gasteiger partial charge in [0.2, 0.25) is 0 Å². The molecule has 0 aliphatic carbocycles. The van der Waals surface area contributed by atoms with Crippen LogP contribution in [0.15, 0.2) is 121 Å². The van der Waals surface area contributed by atoms with Gasteiger partial charge in [-0.2, -0.15) is 25.4 Å². The van der Waals surface area contributed by atoms with Gasteiger partial charge in [-0.3, -0.25) is 0 Å². The van der Waals surface area contributed by atoms with Crippen molar-refractivity contribution in [2.45, 2.75) is 26.2 Å². The van der Waals surface area contributed by atoms with Crippen molar-refractivity contribution in [3.63, 3.8) is 0 Å². The lowest BCUT2D eigenvalue weighted by Gasteiger charge is -2.22.